The van der Waals surface area contributed by atoms with Crippen LogP contribution < -0.4 is 19.6 Å². The third-order valence-electron chi connectivity index (χ3n) is 6.38. The van der Waals surface area contributed by atoms with E-state index in [4.69, 9.17) is 13.9 Å². The highest BCUT2D eigenvalue weighted by atomic mass is 32.1. The average Bonchev–Trinajstić information content (AvgIpc) is 3.52. The van der Waals surface area contributed by atoms with E-state index in [0.29, 0.717) is 49.0 Å². The fourth-order valence-corrected chi connectivity index (χ4v) is 5.65. The number of allylic oxidation sites excluding steroid dienone is 1. The predicted octanol–water partition coefficient (Wildman–Crippen LogP) is 4.54. The number of nitrogens with zero attached hydrogens (tertiary/aromatic N) is 2. The van der Waals surface area contributed by atoms with E-state index in [1.807, 2.05) is 38.1 Å². The molecule has 2 aromatic carbocycles. The number of aromatic carboxylic acids is 1. The third kappa shape index (κ3) is 5.64. The highest BCUT2D eigenvalue weighted by Crippen LogP contribution is 2.32. The Morgan fingerprint density at radius 3 is 2.59 bits per heavy atom. The van der Waals surface area contributed by atoms with Crippen LogP contribution >= 0.6 is 11.3 Å². The Kier molecular flexibility index (Phi) is 7.76. The summed E-state index contributed by atoms with van der Waals surface area (Å²) >= 11 is 1.19. The molecule has 0 fully saturated rings. The van der Waals surface area contributed by atoms with Crippen molar-refractivity contribution in [1.82, 2.24) is 4.57 Å². The first kappa shape index (κ1) is 27.9. The molecule has 4 aromatic rings. The van der Waals surface area contributed by atoms with Crippen LogP contribution in [0.3, 0.4) is 0 Å². The zero-order chi connectivity index (χ0) is 29.3. The molecule has 0 aliphatic carbocycles. The van der Waals surface area contributed by atoms with Gasteiger partial charge in [-0.2, -0.15) is 0 Å². The molecule has 41 heavy (non-hydrogen) atoms. The number of furan rings is 1. The van der Waals surface area contributed by atoms with E-state index in [1.54, 1.807) is 44.2 Å². The Bertz CT molecular complexity index is 1840. The summed E-state index contributed by atoms with van der Waals surface area (Å²) in [6.45, 7) is 7.52. The van der Waals surface area contributed by atoms with Gasteiger partial charge in [0.2, 0.25) is 0 Å². The van der Waals surface area contributed by atoms with Gasteiger partial charge in [-0.15, -0.1) is 0 Å². The number of benzene rings is 2. The third-order valence-corrected chi connectivity index (χ3v) is 7.36. The molecule has 0 saturated heterocycles. The lowest BCUT2D eigenvalue weighted by Crippen LogP contribution is -2.39. The monoisotopic (exact) mass is 572 g/mol. The highest BCUT2D eigenvalue weighted by molar-refractivity contribution is 7.07. The molecule has 0 spiro atoms. The summed E-state index contributed by atoms with van der Waals surface area (Å²) in [4.78, 5) is 43.3. The second-order valence-corrected chi connectivity index (χ2v) is 10.6. The number of fused-ring (bicyclic) bond motifs is 1. The number of carbonyl (C=O) groups is 2. The van der Waals surface area contributed by atoms with E-state index in [2.05, 4.69) is 4.99 Å². The molecule has 3 heterocycles. The van der Waals surface area contributed by atoms with Crippen LogP contribution in [0.1, 0.15) is 55.4 Å². The maximum Gasteiger partial charge on any atom is 0.338 e. The van der Waals surface area contributed by atoms with E-state index in [0.717, 1.165) is 0 Å². The predicted molar refractivity (Wildman–Crippen MR) is 154 cm³/mol. The van der Waals surface area contributed by atoms with Crippen molar-refractivity contribution in [2.75, 3.05) is 6.61 Å². The maximum atomic E-state index is 13.8. The van der Waals surface area contributed by atoms with Crippen molar-refractivity contribution >= 4 is 29.4 Å². The van der Waals surface area contributed by atoms with E-state index >= 15 is 0 Å². The molecule has 5 rings (SSSR count). The first-order chi connectivity index (χ1) is 19.7. The molecule has 0 radical (unpaired) electrons. The van der Waals surface area contributed by atoms with Crippen molar-refractivity contribution in [1.29, 1.82) is 0 Å². The van der Waals surface area contributed by atoms with Gasteiger partial charge in [-0.05, 0) is 69.7 Å². The number of esters is 1. The van der Waals surface area contributed by atoms with Gasteiger partial charge in [0.15, 0.2) is 4.80 Å². The summed E-state index contributed by atoms with van der Waals surface area (Å²) < 4.78 is 18.9. The van der Waals surface area contributed by atoms with Crippen LogP contribution in [-0.4, -0.2) is 34.3 Å². The number of hydrogen-bond donors (Lipinski definition) is 1. The van der Waals surface area contributed by atoms with Crippen LogP contribution in [0.15, 0.2) is 86.1 Å². The molecule has 0 amide bonds. The minimum absolute atomic E-state index is 0.000942. The van der Waals surface area contributed by atoms with Crippen LogP contribution in [0, 0.1) is 0 Å². The average molecular weight is 573 g/mol. The van der Waals surface area contributed by atoms with Crippen molar-refractivity contribution in [3.05, 3.63) is 109 Å². The number of carboxylic acids is 1. The first-order valence-electron chi connectivity index (χ1n) is 13.1. The maximum absolute atomic E-state index is 13.8. The number of thiazole rings is 1. The Labute approximate surface area is 239 Å². The van der Waals surface area contributed by atoms with E-state index < -0.39 is 18.0 Å². The number of carboxylic acid groups (broad SMARTS) is 1. The number of aromatic nitrogens is 1. The molecule has 10 heteroatoms. The van der Waals surface area contributed by atoms with Crippen LogP contribution in [0.2, 0.25) is 0 Å². The van der Waals surface area contributed by atoms with Crippen molar-refractivity contribution in [3.63, 3.8) is 0 Å². The fourth-order valence-electron chi connectivity index (χ4n) is 4.63. The molecule has 0 bridgehead atoms. The Hall–Kier alpha value is -4.70. The van der Waals surface area contributed by atoms with Gasteiger partial charge < -0.3 is 19.0 Å². The number of hydrogen-bond acceptors (Lipinski definition) is 8. The molecule has 0 saturated carbocycles. The molecule has 1 atom stereocenters. The smallest absolute Gasteiger partial charge is 0.338 e. The lowest BCUT2D eigenvalue weighted by atomic mass is 9.96. The van der Waals surface area contributed by atoms with Gasteiger partial charge in [-0.1, -0.05) is 35.6 Å². The van der Waals surface area contributed by atoms with Crippen molar-refractivity contribution in [2.24, 2.45) is 4.99 Å². The Balaban J connectivity index is 1.59. The lowest BCUT2D eigenvalue weighted by Gasteiger charge is -2.25. The summed E-state index contributed by atoms with van der Waals surface area (Å²) in [5.74, 6) is -0.00562. The van der Waals surface area contributed by atoms with Crippen LogP contribution in [0.5, 0.6) is 5.75 Å². The molecule has 2 aromatic heterocycles. The molecule has 9 nitrogen and oxygen atoms in total. The molecule has 1 N–H and O–H groups in total. The summed E-state index contributed by atoms with van der Waals surface area (Å²) in [5.41, 5.74) is 1.89. The van der Waals surface area contributed by atoms with E-state index in [9.17, 15) is 19.5 Å². The minimum atomic E-state index is -1.03. The van der Waals surface area contributed by atoms with Gasteiger partial charge in [0, 0.05) is 11.6 Å². The summed E-state index contributed by atoms with van der Waals surface area (Å²) in [7, 11) is 0. The van der Waals surface area contributed by atoms with Gasteiger partial charge in [-0.25, -0.2) is 14.6 Å². The fraction of sp³-hybridized carbons (Fsp3) is 0.226. The molecular formula is C31H28N2O7S. The van der Waals surface area contributed by atoms with Crippen molar-refractivity contribution in [3.8, 4) is 17.1 Å². The standard InChI is InChI=1S/C31H28N2O7S/c1-5-38-30(37)26-18(4)32-31-33(27(26)19-9-11-22(12-10-19)39-17(2)3)28(34)25(41-31)16-23-13-14-24(40-23)20-7-6-8-21(15-20)29(35)36/h6-17,27H,5H2,1-4H3,(H,35,36)/b25-16-/t27-/m1/s1. The van der Waals surface area contributed by atoms with Crippen LogP contribution in [0.25, 0.3) is 17.4 Å². The normalized spacial score (nSPS) is 15.0. The van der Waals surface area contributed by atoms with E-state index in [1.165, 1.54) is 28.0 Å². The Morgan fingerprint density at radius 1 is 1.15 bits per heavy atom. The number of ether oxygens (including phenoxy) is 2. The SMILES string of the molecule is CCOC(=O)C1=C(C)N=c2s/c(=C\c3ccc(-c4cccc(C(=O)O)c4)o3)c(=O)n2[C@@H]1c1ccc(OC(C)C)cc1. The molecular weight excluding hydrogens is 544 g/mol. The van der Waals surface area contributed by atoms with Gasteiger partial charge in [0.1, 0.15) is 17.3 Å². The number of rotatable bonds is 8. The highest BCUT2D eigenvalue weighted by Gasteiger charge is 2.33. The summed E-state index contributed by atoms with van der Waals surface area (Å²) in [6, 6.07) is 16.4. The van der Waals surface area contributed by atoms with Gasteiger partial charge in [0.05, 0.1) is 40.1 Å². The molecule has 1 aliphatic heterocycles. The quantitative estimate of drug-likeness (QED) is 0.308. The van der Waals surface area contributed by atoms with Gasteiger partial charge in [0.25, 0.3) is 5.56 Å². The lowest BCUT2D eigenvalue weighted by molar-refractivity contribution is -0.139. The van der Waals surface area contributed by atoms with Gasteiger partial charge in [-0.3, -0.25) is 9.36 Å². The number of carbonyl (C=O) groups excluding carboxylic acids is 1. The van der Waals surface area contributed by atoms with Crippen LogP contribution in [0.4, 0.5) is 0 Å². The molecule has 1 aliphatic rings. The first-order valence-corrected chi connectivity index (χ1v) is 13.9. The minimum Gasteiger partial charge on any atom is -0.491 e. The van der Waals surface area contributed by atoms with E-state index in [-0.39, 0.29) is 23.8 Å². The van der Waals surface area contributed by atoms with Crippen molar-refractivity contribution < 1.29 is 28.6 Å². The second kappa shape index (κ2) is 11.4. The zero-order valence-corrected chi connectivity index (χ0v) is 23.7. The topological polar surface area (TPSA) is 120 Å². The zero-order valence-electron chi connectivity index (χ0n) is 22.9. The summed E-state index contributed by atoms with van der Waals surface area (Å²) in [6.07, 6.45) is 1.62. The summed E-state index contributed by atoms with van der Waals surface area (Å²) in [5, 5.41) is 9.30. The largest absolute Gasteiger partial charge is 0.491 e. The molecule has 210 valence electrons. The second-order valence-electron chi connectivity index (χ2n) is 9.63. The molecule has 0 unspecified atom stereocenters. The van der Waals surface area contributed by atoms with Gasteiger partial charge >= 0.3 is 11.9 Å². The van der Waals surface area contributed by atoms with Crippen molar-refractivity contribution in [2.45, 2.75) is 39.8 Å². The van der Waals surface area contributed by atoms with Crippen LogP contribution in [-0.2, 0) is 9.53 Å². The Morgan fingerprint density at radius 2 is 1.90 bits per heavy atom.